The molecule has 0 atom stereocenters. The molecule has 2 aromatic carbocycles. The highest BCUT2D eigenvalue weighted by Gasteiger charge is 2.28. The highest BCUT2D eigenvalue weighted by molar-refractivity contribution is 5.79. The fourth-order valence-corrected chi connectivity index (χ4v) is 3.95. The smallest absolute Gasteiger partial charge is 0.225 e. The first-order valence-electron chi connectivity index (χ1n) is 9.69. The number of fused-ring (bicyclic) bond motifs is 1. The van der Waals surface area contributed by atoms with Crippen molar-refractivity contribution in [2.24, 2.45) is 5.92 Å². The molecule has 1 amide bonds. The summed E-state index contributed by atoms with van der Waals surface area (Å²) in [6.07, 6.45) is 3.84. The number of rotatable bonds is 5. The van der Waals surface area contributed by atoms with Gasteiger partial charge in [-0.3, -0.25) is 4.79 Å². The van der Waals surface area contributed by atoms with Crippen LogP contribution in [0.3, 0.4) is 0 Å². The van der Waals surface area contributed by atoms with Crippen molar-refractivity contribution >= 4 is 22.9 Å². The standard InChI is InChI=1S/C22H26N4O/c1-26(15-16-7-3-2-4-8-16)21(27)17-11-13-18(14-12-17)23-22-24-19-9-5-6-10-20(19)25-22/h2-10,17-18H,11-15H2,1H3,(H2,23,24,25). The van der Waals surface area contributed by atoms with Crippen molar-refractivity contribution in [2.75, 3.05) is 12.4 Å². The molecule has 1 aliphatic carbocycles. The average molecular weight is 362 g/mol. The number of carbonyl (C=O) groups is 1. The van der Waals surface area contributed by atoms with Gasteiger partial charge in [0.05, 0.1) is 11.0 Å². The van der Waals surface area contributed by atoms with Gasteiger partial charge in [-0.15, -0.1) is 0 Å². The Kier molecular flexibility index (Phi) is 5.10. The monoisotopic (exact) mass is 362 g/mol. The number of nitrogens with zero attached hydrogens (tertiary/aromatic N) is 2. The molecule has 5 heteroatoms. The minimum absolute atomic E-state index is 0.132. The molecule has 1 aromatic heterocycles. The van der Waals surface area contributed by atoms with Crippen LogP contribution < -0.4 is 5.32 Å². The van der Waals surface area contributed by atoms with E-state index >= 15 is 0 Å². The maximum atomic E-state index is 12.8. The van der Waals surface area contributed by atoms with Crippen LogP contribution in [0.25, 0.3) is 11.0 Å². The van der Waals surface area contributed by atoms with Gasteiger partial charge in [0.1, 0.15) is 0 Å². The molecule has 140 valence electrons. The second kappa shape index (κ2) is 7.82. The molecular weight excluding hydrogens is 336 g/mol. The van der Waals surface area contributed by atoms with Crippen molar-refractivity contribution in [3.05, 3.63) is 60.2 Å². The summed E-state index contributed by atoms with van der Waals surface area (Å²) >= 11 is 0. The van der Waals surface area contributed by atoms with Crippen LogP contribution in [0.5, 0.6) is 0 Å². The molecule has 3 aromatic rings. The number of hydrogen-bond acceptors (Lipinski definition) is 3. The lowest BCUT2D eigenvalue weighted by molar-refractivity contribution is -0.135. The van der Waals surface area contributed by atoms with E-state index < -0.39 is 0 Å². The molecule has 0 unspecified atom stereocenters. The van der Waals surface area contributed by atoms with Gasteiger partial charge in [0.25, 0.3) is 0 Å². The third kappa shape index (κ3) is 4.13. The minimum Gasteiger partial charge on any atom is -0.353 e. The molecule has 0 bridgehead atoms. The molecule has 1 heterocycles. The molecule has 0 aliphatic heterocycles. The van der Waals surface area contributed by atoms with Gasteiger partial charge in [-0.1, -0.05) is 42.5 Å². The lowest BCUT2D eigenvalue weighted by Crippen LogP contribution is -2.37. The molecule has 0 radical (unpaired) electrons. The van der Waals surface area contributed by atoms with Gasteiger partial charge in [-0.2, -0.15) is 0 Å². The predicted octanol–water partition coefficient (Wildman–Crippen LogP) is 4.19. The van der Waals surface area contributed by atoms with Gasteiger partial charge in [0, 0.05) is 25.6 Å². The maximum absolute atomic E-state index is 12.8. The summed E-state index contributed by atoms with van der Waals surface area (Å²) in [6, 6.07) is 18.6. The molecule has 1 saturated carbocycles. The highest BCUT2D eigenvalue weighted by Crippen LogP contribution is 2.28. The second-order valence-electron chi connectivity index (χ2n) is 7.48. The Balaban J connectivity index is 1.29. The Labute approximate surface area is 159 Å². The summed E-state index contributed by atoms with van der Waals surface area (Å²) in [4.78, 5) is 22.6. The van der Waals surface area contributed by atoms with Crippen LogP contribution in [0.2, 0.25) is 0 Å². The van der Waals surface area contributed by atoms with Crippen LogP contribution in [-0.2, 0) is 11.3 Å². The predicted molar refractivity (Wildman–Crippen MR) is 108 cm³/mol. The Morgan fingerprint density at radius 1 is 1.07 bits per heavy atom. The third-order valence-corrected chi connectivity index (χ3v) is 5.45. The van der Waals surface area contributed by atoms with Crippen molar-refractivity contribution in [3.63, 3.8) is 0 Å². The van der Waals surface area contributed by atoms with Crippen molar-refractivity contribution in [3.8, 4) is 0 Å². The molecule has 0 saturated heterocycles. The van der Waals surface area contributed by atoms with E-state index in [4.69, 9.17) is 0 Å². The van der Waals surface area contributed by atoms with Crippen LogP contribution in [0.15, 0.2) is 54.6 Å². The van der Waals surface area contributed by atoms with Crippen LogP contribution in [0, 0.1) is 5.92 Å². The van der Waals surface area contributed by atoms with Crippen molar-refractivity contribution < 1.29 is 4.79 Å². The highest BCUT2D eigenvalue weighted by atomic mass is 16.2. The van der Waals surface area contributed by atoms with Crippen molar-refractivity contribution in [1.29, 1.82) is 0 Å². The molecule has 27 heavy (non-hydrogen) atoms. The van der Waals surface area contributed by atoms with Crippen LogP contribution in [-0.4, -0.2) is 33.9 Å². The van der Waals surface area contributed by atoms with Gasteiger partial charge >= 0.3 is 0 Å². The van der Waals surface area contributed by atoms with E-state index in [0.717, 1.165) is 42.7 Å². The zero-order chi connectivity index (χ0) is 18.6. The minimum atomic E-state index is 0.132. The Morgan fingerprint density at radius 2 is 1.78 bits per heavy atom. The molecule has 1 aliphatic rings. The summed E-state index contributed by atoms with van der Waals surface area (Å²) in [5.41, 5.74) is 3.20. The topological polar surface area (TPSA) is 61.0 Å². The number of para-hydroxylation sites is 2. The first kappa shape index (κ1) is 17.6. The van der Waals surface area contributed by atoms with Crippen LogP contribution in [0.1, 0.15) is 31.2 Å². The number of H-pyrrole nitrogens is 1. The van der Waals surface area contributed by atoms with Gasteiger partial charge in [-0.05, 0) is 43.4 Å². The lowest BCUT2D eigenvalue weighted by atomic mass is 9.85. The molecule has 4 rings (SSSR count). The summed E-state index contributed by atoms with van der Waals surface area (Å²) < 4.78 is 0. The largest absolute Gasteiger partial charge is 0.353 e. The summed E-state index contributed by atoms with van der Waals surface area (Å²) in [6.45, 7) is 0.677. The zero-order valence-corrected chi connectivity index (χ0v) is 15.7. The van der Waals surface area contributed by atoms with Crippen LogP contribution in [0.4, 0.5) is 5.95 Å². The first-order valence-corrected chi connectivity index (χ1v) is 9.69. The number of aromatic nitrogens is 2. The van der Waals surface area contributed by atoms with Crippen molar-refractivity contribution in [2.45, 2.75) is 38.3 Å². The SMILES string of the molecule is CN(Cc1ccccc1)C(=O)C1CCC(Nc2nc3ccccc3[nH]2)CC1. The number of aromatic amines is 1. The normalized spacial score (nSPS) is 19.7. The lowest BCUT2D eigenvalue weighted by Gasteiger charge is -2.31. The number of amides is 1. The summed E-state index contributed by atoms with van der Waals surface area (Å²) in [7, 11) is 1.91. The summed E-state index contributed by atoms with van der Waals surface area (Å²) in [5.74, 6) is 1.22. The molecule has 5 nitrogen and oxygen atoms in total. The molecule has 2 N–H and O–H groups in total. The van der Waals surface area contributed by atoms with E-state index in [0.29, 0.717) is 12.6 Å². The van der Waals surface area contributed by atoms with E-state index in [-0.39, 0.29) is 11.8 Å². The average Bonchev–Trinajstić information content (AvgIpc) is 3.11. The number of benzene rings is 2. The maximum Gasteiger partial charge on any atom is 0.225 e. The Morgan fingerprint density at radius 3 is 2.52 bits per heavy atom. The third-order valence-electron chi connectivity index (χ3n) is 5.45. The Hall–Kier alpha value is -2.82. The van der Waals surface area contributed by atoms with Gasteiger partial charge in [0.15, 0.2) is 0 Å². The van der Waals surface area contributed by atoms with E-state index in [1.165, 1.54) is 5.56 Å². The van der Waals surface area contributed by atoms with Crippen LogP contribution >= 0.6 is 0 Å². The Bertz CT molecular complexity index is 864. The molecule has 1 fully saturated rings. The number of nitrogens with one attached hydrogen (secondary N) is 2. The first-order chi connectivity index (χ1) is 13.2. The summed E-state index contributed by atoms with van der Waals surface area (Å²) in [5, 5.41) is 3.51. The van der Waals surface area contributed by atoms with Gasteiger partial charge in [0.2, 0.25) is 11.9 Å². The van der Waals surface area contributed by atoms with E-state index in [9.17, 15) is 4.79 Å². The van der Waals surface area contributed by atoms with Gasteiger partial charge in [-0.25, -0.2) is 4.98 Å². The number of anilines is 1. The number of carbonyl (C=O) groups excluding carboxylic acids is 1. The van der Waals surface area contributed by atoms with Crippen molar-refractivity contribution in [1.82, 2.24) is 14.9 Å². The number of hydrogen-bond donors (Lipinski definition) is 2. The van der Waals surface area contributed by atoms with Gasteiger partial charge < -0.3 is 15.2 Å². The number of imidazole rings is 1. The van der Waals surface area contributed by atoms with E-state index in [1.54, 1.807) is 0 Å². The van der Waals surface area contributed by atoms with E-state index in [2.05, 4.69) is 27.4 Å². The fraction of sp³-hybridized carbons (Fsp3) is 0.364. The molecule has 0 spiro atoms. The second-order valence-corrected chi connectivity index (χ2v) is 7.48. The molecular formula is C22H26N4O. The quantitative estimate of drug-likeness (QED) is 0.715. The fourth-order valence-electron chi connectivity index (χ4n) is 3.95. The zero-order valence-electron chi connectivity index (χ0n) is 15.7. The van der Waals surface area contributed by atoms with E-state index in [1.807, 2.05) is 54.4 Å².